The summed E-state index contributed by atoms with van der Waals surface area (Å²) in [6, 6.07) is 0.354. The summed E-state index contributed by atoms with van der Waals surface area (Å²) in [7, 11) is 0. The molecule has 0 radical (unpaired) electrons. The van der Waals surface area contributed by atoms with Gasteiger partial charge in [0.15, 0.2) is 0 Å². The summed E-state index contributed by atoms with van der Waals surface area (Å²) >= 11 is 12.1. The van der Waals surface area contributed by atoms with Crippen LogP contribution in [0.3, 0.4) is 0 Å². The molecular formula is C12H11Cl2N. The third-order valence-electron chi connectivity index (χ3n) is 3.09. The Bertz CT molecular complexity index is 417. The minimum absolute atomic E-state index is 0.127. The fourth-order valence-electron chi connectivity index (χ4n) is 2.38. The number of allylic oxidation sites excluding steroid dienone is 5. The Labute approximate surface area is 99.1 Å². The van der Waals surface area contributed by atoms with E-state index in [1.807, 2.05) is 6.08 Å². The molecule has 0 bridgehead atoms. The molecule has 0 aromatic carbocycles. The third kappa shape index (κ3) is 1.54. The Kier molecular flexibility index (Phi) is 2.18. The first-order valence-electron chi connectivity index (χ1n) is 5.12. The van der Waals surface area contributed by atoms with Crippen LogP contribution >= 0.6 is 23.2 Å². The SMILES string of the molecule is ClC1=CC2C3=CC(Cl)CC=C3NC2C=C1. The molecule has 3 heteroatoms. The fraction of sp³-hybridized carbons (Fsp3) is 0.333. The van der Waals surface area contributed by atoms with Gasteiger partial charge in [0.2, 0.25) is 0 Å². The minimum atomic E-state index is 0.127. The molecule has 0 amide bonds. The summed E-state index contributed by atoms with van der Waals surface area (Å²) in [4.78, 5) is 0. The zero-order valence-electron chi connectivity index (χ0n) is 8.08. The van der Waals surface area contributed by atoms with E-state index in [0.717, 1.165) is 11.5 Å². The van der Waals surface area contributed by atoms with Crippen LogP contribution in [-0.2, 0) is 0 Å². The van der Waals surface area contributed by atoms with Crippen LogP contribution in [0, 0.1) is 5.92 Å². The van der Waals surface area contributed by atoms with Crippen molar-refractivity contribution in [3.63, 3.8) is 0 Å². The summed E-state index contributed by atoms with van der Waals surface area (Å²) < 4.78 is 0. The van der Waals surface area contributed by atoms with Gasteiger partial charge in [-0.25, -0.2) is 0 Å². The van der Waals surface area contributed by atoms with E-state index in [-0.39, 0.29) is 5.38 Å². The summed E-state index contributed by atoms with van der Waals surface area (Å²) in [5.41, 5.74) is 2.53. The van der Waals surface area contributed by atoms with E-state index in [1.54, 1.807) is 0 Å². The molecule has 1 fully saturated rings. The lowest BCUT2D eigenvalue weighted by Gasteiger charge is -2.17. The monoisotopic (exact) mass is 239 g/mol. The van der Waals surface area contributed by atoms with Crippen molar-refractivity contribution in [2.24, 2.45) is 5.92 Å². The largest absolute Gasteiger partial charge is 0.378 e. The van der Waals surface area contributed by atoms with Gasteiger partial charge < -0.3 is 5.32 Å². The zero-order valence-corrected chi connectivity index (χ0v) is 9.59. The molecule has 0 aromatic heterocycles. The molecule has 1 heterocycles. The van der Waals surface area contributed by atoms with Crippen molar-refractivity contribution in [2.75, 3.05) is 0 Å². The van der Waals surface area contributed by atoms with Gasteiger partial charge in [0, 0.05) is 16.6 Å². The van der Waals surface area contributed by atoms with Crippen LogP contribution in [0.2, 0.25) is 0 Å². The lowest BCUT2D eigenvalue weighted by atomic mass is 9.89. The maximum atomic E-state index is 6.13. The van der Waals surface area contributed by atoms with Crippen LogP contribution in [0.4, 0.5) is 0 Å². The highest BCUT2D eigenvalue weighted by Gasteiger charge is 2.34. The predicted octanol–water partition coefficient (Wildman–Crippen LogP) is 3.09. The normalized spacial score (nSPS) is 37.2. The molecule has 1 aliphatic heterocycles. The van der Waals surface area contributed by atoms with Crippen LogP contribution in [0.15, 0.2) is 46.7 Å². The summed E-state index contributed by atoms with van der Waals surface area (Å²) in [5, 5.41) is 4.42. The highest BCUT2D eigenvalue weighted by molar-refractivity contribution is 6.31. The Balaban J connectivity index is 2.02. The molecule has 0 aromatic rings. The van der Waals surface area contributed by atoms with Gasteiger partial charge in [-0.3, -0.25) is 0 Å². The van der Waals surface area contributed by atoms with Gasteiger partial charge >= 0.3 is 0 Å². The Hall–Kier alpha value is -0.660. The van der Waals surface area contributed by atoms with Crippen molar-refractivity contribution >= 4 is 23.2 Å². The molecule has 1 N–H and O–H groups in total. The number of nitrogens with one attached hydrogen (secondary N) is 1. The molecule has 1 nitrogen and oxygen atoms in total. The van der Waals surface area contributed by atoms with Crippen molar-refractivity contribution in [3.8, 4) is 0 Å². The molecule has 78 valence electrons. The number of hydrogen-bond donors (Lipinski definition) is 1. The number of fused-ring (bicyclic) bond motifs is 3. The van der Waals surface area contributed by atoms with Crippen molar-refractivity contribution in [3.05, 3.63) is 46.7 Å². The first-order valence-corrected chi connectivity index (χ1v) is 5.94. The van der Waals surface area contributed by atoms with E-state index in [2.05, 4.69) is 29.6 Å². The van der Waals surface area contributed by atoms with Crippen LogP contribution < -0.4 is 5.32 Å². The number of rotatable bonds is 0. The Morgan fingerprint density at radius 1 is 1.33 bits per heavy atom. The topological polar surface area (TPSA) is 12.0 Å². The first-order chi connectivity index (χ1) is 7.24. The lowest BCUT2D eigenvalue weighted by Crippen LogP contribution is -2.24. The second-order valence-corrected chi connectivity index (χ2v) is 5.10. The average molecular weight is 240 g/mol. The van der Waals surface area contributed by atoms with E-state index in [0.29, 0.717) is 12.0 Å². The highest BCUT2D eigenvalue weighted by atomic mass is 35.5. The van der Waals surface area contributed by atoms with Crippen LogP contribution in [-0.4, -0.2) is 11.4 Å². The number of halogens is 2. The summed E-state index contributed by atoms with van der Waals surface area (Å²) in [6.07, 6.45) is 11.4. The van der Waals surface area contributed by atoms with E-state index in [4.69, 9.17) is 23.2 Å². The van der Waals surface area contributed by atoms with Gasteiger partial charge in [-0.1, -0.05) is 35.9 Å². The predicted molar refractivity (Wildman–Crippen MR) is 63.9 cm³/mol. The number of alkyl halides is 1. The van der Waals surface area contributed by atoms with Gasteiger partial charge in [0.1, 0.15) is 0 Å². The van der Waals surface area contributed by atoms with E-state index in [1.165, 1.54) is 11.3 Å². The standard InChI is InChI=1S/C12H11Cl2N/c13-7-1-3-11-9(5-7)10-6-8(14)2-4-12(10)15-11/h1,3-6,8-9,11,15H,2H2. The maximum Gasteiger partial charge on any atom is 0.0557 e. The molecule has 0 saturated carbocycles. The highest BCUT2D eigenvalue weighted by Crippen LogP contribution is 2.38. The zero-order chi connectivity index (χ0) is 10.4. The van der Waals surface area contributed by atoms with Crippen LogP contribution in [0.25, 0.3) is 0 Å². The van der Waals surface area contributed by atoms with Crippen molar-refractivity contribution < 1.29 is 0 Å². The van der Waals surface area contributed by atoms with Crippen LogP contribution in [0.5, 0.6) is 0 Å². The maximum absolute atomic E-state index is 6.13. The Morgan fingerprint density at radius 2 is 2.20 bits per heavy atom. The third-order valence-corrected chi connectivity index (χ3v) is 3.64. The van der Waals surface area contributed by atoms with E-state index >= 15 is 0 Å². The Morgan fingerprint density at radius 3 is 3.07 bits per heavy atom. The van der Waals surface area contributed by atoms with Crippen LogP contribution in [0.1, 0.15) is 6.42 Å². The fourth-order valence-corrected chi connectivity index (χ4v) is 2.81. The first kappa shape index (κ1) is 9.56. The molecule has 3 aliphatic rings. The molecule has 3 rings (SSSR count). The molecule has 3 unspecified atom stereocenters. The minimum Gasteiger partial charge on any atom is -0.378 e. The second-order valence-electron chi connectivity index (χ2n) is 4.10. The smallest absolute Gasteiger partial charge is 0.0557 e. The molecule has 0 spiro atoms. The van der Waals surface area contributed by atoms with Gasteiger partial charge in [-0.05, 0) is 18.1 Å². The van der Waals surface area contributed by atoms with E-state index in [9.17, 15) is 0 Å². The molecule has 15 heavy (non-hydrogen) atoms. The average Bonchev–Trinajstić information content (AvgIpc) is 2.56. The molecular weight excluding hydrogens is 229 g/mol. The van der Waals surface area contributed by atoms with Gasteiger partial charge in [-0.2, -0.15) is 0 Å². The van der Waals surface area contributed by atoms with Gasteiger partial charge in [-0.15, -0.1) is 11.6 Å². The lowest BCUT2D eigenvalue weighted by molar-refractivity contribution is 0.651. The van der Waals surface area contributed by atoms with Gasteiger partial charge in [0.05, 0.1) is 11.4 Å². The van der Waals surface area contributed by atoms with E-state index < -0.39 is 0 Å². The quantitative estimate of drug-likeness (QED) is 0.641. The van der Waals surface area contributed by atoms with Crippen molar-refractivity contribution in [1.29, 1.82) is 0 Å². The second kappa shape index (κ2) is 3.43. The molecule has 1 saturated heterocycles. The van der Waals surface area contributed by atoms with Gasteiger partial charge in [0.25, 0.3) is 0 Å². The summed E-state index contributed by atoms with van der Waals surface area (Å²) in [6.45, 7) is 0. The summed E-state index contributed by atoms with van der Waals surface area (Å²) in [5.74, 6) is 0.357. The van der Waals surface area contributed by atoms with Crippen molar-refractivity contribution in [2.45, 2.75) is 17.8 Å². The molecule has 3 atom stereocenters. The van der Waals surface area contributed by atoms with Crippen molar-refractivity contribution in [1.82, 2.24) is 5.32 Å². The number of hydrogen-bond acceptors (Lipinski definition) is 1. The molecule has 2 aliphatic carbocycles.